The second-order valence-electron chi connectivity index (χ2n) is 5.27. The summed E-state index contributed by atoms with van der Waals surface area (Å²) in [7, 11) is -3.56. The van der Waals surface area contributed by atoms with Crippen LogP contribution in [0.15, 0.2) is 11.2 Å². The predicted octanol–water partition coefficient (Wildman–Crippen LogP) is 0.365. The first-order chi connectivity index (χ1) is 9.49. The molecule has 7 nitrogen and oxygen atoms in total. The number of H-pyrrole nitrogens is 1. The molecule has 1 aromatic rings. The highest BCUT2D eigenvalue weighted by molar-refractivity contribution is 7.89. The second-order valence-corrected chi connectivity index (χ2v) is 6.92. The maximum absolute atomic E-state index is 12.4. The molecule has 1 saturated heterocycles. The Balaban J connectivity index is 2.06. The Bertz CT molecular complexity index is 521. The normalized spacial score (nSPS) is 17.8. The molecular weight excluding hydrogens is 280 g/mol. The lowest BCUT2D eigenvalue weighted by Gasteiger charge is -2.22. The van der Waals surface area contributed by atoms with Gasteiger partial charge in [-0.3, -0.25) is 5.10 Å². The van der Waals surface area contributed by atoms with Crippen LogP contribution < -0.4 is 10.0 Å². The van der Waals surface area contributed by atoms with Crippen molar-refractivity contribution in [1.82, 2.24) is 20.2 Å². The lowest BCUT2D eigenvalue weighted by atomic mass is 10.1. The van der Waals surface area contributed by atoms with E-state index < -0.39 is 10.0 Å². The number of rotatable bonds is 6. The number of ether oxygens (including phenoxy) is 1. The highest BCUT2D eigenvalue weighted by atomic mass is 32.2. The number of aromatic amines is 1. The zero-order chi connectivity index (χ0) is 14.6. The second kappa shape index (κ2) is 6.66. The van der Waals surface area contributed by atoms with Gasteiger partial charge in [0.2, 0.25) is 0 Å². The molecule has 1 aromatic heterocycles. The van der Waals surface area contributed by atoms with Crippen LogP contribution in [0.5, 0.6) is 0 Å². The molecule has 2 rings (SSSR count). The number of sulfonamides is 1. The van der Waals surface area contributed by atoms with E-state index in [0.717, 1.165) is 0 Å². The first kappa shape index (κ1) is 15.4. The minimum atomic E-state index is -3.56. The van der Waals surface area contributed by atoms with E-state index in [9.17, 15) is 8.42 Å². The fraction of sp³-hybridized carbons (Fsp3) is 0.750. The molecule has 3 N–H and O–H groups in total. The van der Waals surface area contributed by atoms with Crippen LogP contribution in [0.2, 0.25) is 0 Å². The summed E-state index contributed by atoms with van der Waals surface area (Å²) in [6.07, 6.45) is 2.95. The number of aromatic nitrogens is 2. The molecule has 8 heteroatoms. The van der Waals surface area contributed by atoms with Gasteiger partial charge in [-0.25, -0.2) is 13.1 Å². The Kier molecular flexibility index (Phi) is 5.14. The maximum atomic E-state index is 12.4. The van der Waals surface area contributed by atoms with Gasteiger partial charge in [0.15, 0.2) is 5.03 Å². The van der Waals surface area contributed by atoms with Gasteiger partial charge in [0.25, 0.3) is 10.0 Å². The molecule has 1 aliphatic rings. The largest absolute Gasteiger partial charge is 0.381 e. The molecule has 0 aromatic carbocycles. The molecule has 0 amide bonds. The van der Waals surface area contributed by atoms with Crippen molar-refractivity contribution in [2.24, 2.45) is 0 Å². The smallest absolute Gasteiger partial charge is 0.258 e. The van der Waals surface area contributed by atoms with E-state index in [2.05, 4.69) is 20.2 Å². The number of hydrogen-bond acceptors (Lipinski definition) is 5. The Morgan fingerprint density at radius 2 is 2.15 bits per heavy atom. The monoisotopic (exact) mass is 302 g/mol. The molecule has 0 aliphatic carbocycles. The van der Waals surface area contributed by atoms with Crippen LogP contribution in [0, 0.1) is 0 Å². The van der Waals surface area contributed by atoms with E-state index in [4.69, 9.17) is 4.74 Å². The van der Waals surface area contributed by atoms with Crippen LogP contribution >= 0.6 is 0 Å². The van der Waals surface area contributed by atoms with Crippen LogP contribution in [0.3, 0.4) is 0 Å². The summed E-state index contributed by atoms with van der Waals surface area (Å²) in [6, 6.07) is 0.215. The van der Waals surface area contributed by atoms with Crippen molar-refractivity contribution >= 4 is 10.0 Å². The Labute approximate surface area is 119 Å². The van der Waals surface area contributed by atoms with Gasteiger partial charge in [0.1, 0.15) is 0 Å². The molecule has 0 radical (unpaired) electrons. The Morgan fingerprint density at radius 3 is 2.80 bits per heavy atom. The van der Waals surface area contributed by atoms with E-state index in [1.165, 1.54) is 0 Å². The van der Waals surface area contributed by atoms with E-state index in [0.29, 0.717) is 38.2 Å². The summed E-state index contributed by atoms with van der Waals surface area (Å²) in [5, 5.41) is 9.78. The van der Waals surface area contributed by atoms with E-state index in [-0.39, 0.29) is 17.1 Å². The summed E-state index contributed by atoms with van der Waals surface area (Å²) in [6.45, 7) is 5.68. The highest BCUT2D eigenvalue weighted by Gasteiger charge is 2.25. The van der Waals surface area contributed by atoms with Crippen molar-refractivity contribution in [3.8, 4) is 0 Å². The number of hydrogen-bond donors (Lipinski definition) is 3. The summed E-state index contributed by atoms with van der Waals surface area (Å²) >= 11 is 0. The zero-order valence-electron chi connectivity index (χ0n) is 11.8. The van der Waals surface area contributed by atoms with Crippen molar-refractivity contribution in [2.75, 3.05) is 13.2 Å². The van der Waals surface area contributed by atoms with Gasteiger partial charge in [-0.2, -0.15) is 5.10 Å². The predicted molar refractivity (Wildman–Crippen MR) is 74.7 cm³/mol. The van der Waals surface area contributed by atoms with E-state index in [1.54, 1.807) is 6.20 Å². The lowest BCUT2D eigenvalue weighted by Crippen LogP contribution is -2.39. The van der Waals surface area contributed by atoms with Crippen LogP contribution in [0.25, 0.3) is 0 Å². The maximum Gasteiger partial charge on any atom is 0.258 e. The summed E-state index contributed by atoms with van der Waals surface area (Å²) < 4.78 is 32.7. The average Bonchev–Trinajstić information content (AvgIpc) is 2.86. The third-order valence-corrected chi connectivity index (χ3v) is 4.73. The fourth-order valence-corrected chi connectivity index (χ4v) is 3.50. The molecule has 0 unspecified atom stereocenters. The SMILES string of the molecule is CC(C)NCc1cn[nH]c1S(=O)(=O)NC1CCOCC1. The number of nitrogens with zero attached hydrogens (tertiary/aromatic N) is 1. The Hall–Kier alpha value is -0.960. The number of nitrogens with one attached hydrogen (secondary N) is 3. The quantitative estimate of drug-likeness (QED) is 0.705. The van der Waals surface area contributed by atoms with Gasteiger partial charge < -0.3 is 10.1 Å². The van der Waals surface area contributed by atoms with Crippen LogP contribution in [0.4, 0.5) is 0 Å². The van der Waals surface area contributed by atoms with Gasteiger partial charge in [-0.05, 0) is 12.8 Å². The van der Waals surface area contributed by atoms with Crippen molar-refractivity contribution in [1.29, 1.82) is 0 Å². The molecule has 0 bridgehead atoms. The minimum Gasteiger partial charge on any atom is -0.381 e. The van der Waals surface area contributed by atoms with Crippen LogP contribution in [-0.4, -0.2) is 43.9 Å². The van der Waals surface area contributed by atoms with E-state index in [1.807, 2.05) is 13.8 Å². The van der Waals surface area contributed by atoms with Crippen LogP contribution in [0.1, 0.15) is 32.3 Å². The van der Waals surface area contributed by atoms with Crippen LogP contribution in [-0.2, 0) is 21.3 Å². The summed E-state index contributed by atoms with van der Waals surface area (Å²) in [4.78, 5) is 0. The summed E-state index contributed by atoms with van der Waals surface area (Å²) in [5.41, 5.74) is 0.651. The topological polar surface area (TPSA) is 96.1 Å². The molecule has 114 valence electrons. The molecule has 0 spiro atoms. The third kappa shape index (κ3) is 4.02. The minimum absolute atomic E-state index is 0.0667. The molecule has 0 saturated carbocycles. The first-order valence-corrected chi connectivity index (χ1v) is 8.33. The lowest BCUT2D eigenvalue weighted by molar-refractivity contribution is 0.0832. The molecule has 1 fully saturated rings. The average molecular weight is 302 g/mol. The van der Waals surface area contributed by atoms with Crippen molar-refractivity contribution in [3.63, 3.8) is 0 Å². The molecule has 1 aliphatic heterocycles. The van der Waals surface area contributed by atoms with Gasteiger partial charge >= 0.3 is 0 Å². The van der Waals surface area contributed by atoms with Gasteiger partial charge in [-0.15, -0.1) is 0 Å². The molecule has 0 atom stereocenters. The standard InChI is InChI=1S/C12H22N4O3S/c1-9(2)13-7-10-8-14-15-12(10)20(17,18)16-11-3-5-19-6-4-11/h8-9,11,13,16H,3-7H2,1-2H3,(H,14,15). The fourth-order valence-electron chi connectivity index (χ4n) is 2.07. The summed E-state index contributed by atoms with van der Waals surface area (Å²) in [5.74, 6) is 0. The first-order valence-electron chi connectivity index (χ1n) is 6.85. The molecular formula is C12H22N4O3S. The van der Waals surface area contributed by atoms with Gasteiger partial charge in [0.05, 0.1) is 6.20 Å². The van der Waals surface area contributed by atoms with Crippen molar-refractivity contribution in [2.45, 2.75) is 50.3 Å². The third-order valence-electron chi connectivity index (χ3n) is 3.19. The van der Waals surface area contributed by atoms with E-state index >= 15 is 0 Å². The molecule has 20 heavy (non-hydrogen) atoms. The van der Waals surface area contributed by atoms with Crippen molar-refractivity contribution < 1.29 is 13.2 Å². The highest BCUT2D eigenvalue weighted by Crippen LogP contribution is 2.15. The van der Waals surface area contributed by atoms with Gasteiger partial charge in [-0.1, -0.05) is 13.8 Å². The van der Waals surface area contributed by atoms with Crippen molar-refractivity contribution in [3.05, 3.63) is 11.8 Å². The molecule has 2 heterocycles. The zero-order valence-corrected chi connectivity index (χ0v) is 12.7. The van der Waals surface area contributed by atoms with Gasteiger partial charge in [0, 0.05) is 37.4 Å². The Morgan fingerprint density at radius 1 is 1.45 bits per heavy atom.